The van der Waals surface area contributed by atoms with Crippen LogP contribution in [0.4, 0.5) is 23.7 Å². The van der Waals surface area contributed by atoms with Crippen molar-refractivity contribution in [3.05, 3.63) is 65.2 Å². The number of hydrogen-bond donors (Lipinski definition) is 2. The van der Waals surface area contributed by atoms with Gasteiger partial charge in [-0.1, -0.05) is 30.3 Å². The number of ether oxygens (including phenoxy) is 2. The van der Waals surface area contributed by atoms with Crippen molar-refractivity contribution in [3.63, 3.8) is 0 Å². The number of nitrogens with one attached hydrogen (secondary N) is 2. The molecule has 0 bridgehead atoms. The van der Waals surface area contributed by atoms with E-state index in [0.717, 1.165) is 37.3 Å². The number of piperidine rings is 1. The van der Waals surface area contributed by atoms with E-state index in [1.54, 1.807) is 4.90 Å². The molecular formula is C30H38F3N3O3. The van der Waals surface area contributed by atoms with E-state index in [4.69, 9.17) is 9.47 Å². The predicted molar refractivity (Wildman–Crippen MR) is 143 cm³/mol. The number of carbonyl (C=O) groups excluding carboxylic acids is 1. The predicted octanol–water partition coefficient (Wildman–Crippen LogP) is 6.70. The minimum Gasteiger partial charge on any atom is -0.444 e. The van der Waals surface area contributed by atoms with E-state index < -0.39 is 23.4 Å². The van der Waals surface area contributed by atoms with E-state index >= 15 is 0 Å². The van der Waals surface area contributed by atoms with Crippen molar-refractivity contribution in [3.8, 4) is 0 Å². The zero-order valence-corrected chi connectivity index (χ0v) is 22.8. The number of rotatable bonds is 4. The van der Waals surface area contributed by atoms with Crippen molar-refractivity contribution < 1.29 is 27.4 Å². The smallest absolute Gasteiger partial charge is 0.416 e. The summed E-state index contributed by atoms with van der Waals surface area (Å²) in [4.78, 5) is 14.1. The summed E-state index contributed by atoms with van der Waals surface area (Å²) in [6, 6.07) is 14.2. The number of nitrogens with zero attached hydrogens (tertiary/aromatic N) is 1. The Morgan fingerprint density at radius 3 is 2.44 bits per heavy atom. The molecule has 5 rings (SSSR count). The van der Waals surface area contributed by atoms with Crippen molar-refractivity contribution in [1.82, 2.24) is 10.2 Å². The van der Waals surface area contributed by atoms with Gasteiger partial charge in [-0.25, -0.2) is 4.79 Å². The number of halogens is 3. The van der Waals surface area contributed by atoms with E-state index in [-0.39, 0.29) is 30.2 Å². The summed E-state index contributed by atoms with van der Waals surface area (Å²) in [6.45, 7) is 7.46. The van der Waals surface area contributed by atoms with Crippen LogP contribution in [0.1, 0.15) is 75.3 Å². The number of hydrogen-bond acceptors (Lipinski definition) is 5. The maximum absolute atomic E-state index is 13.6. The van der Waals surface area contributed by atoms with Gasteiger partial charge in [0.15, 0.2) is 0 Å². The van der Waals surface area contributed by atoms with Gasteiger partial charge in [0.05, 0.1) is 23.8 Å². The molecule has 2 N–H and O–H groups in total. The monoisotopic (exact) mass is 545 g/mol. The number of alkyl halides is 3. The third-order valence-electron chi connectivity index (χ3n) is 7.91. The Kier molecular flexibility index (Phi) is 7.84. The van der Waals surface area contributed by atoms with E-state index in [9.17, 15) is 18.0 Å². The molecule has 2 fully saturated rings. The molecule has 39 heavy (non-hydrogen) atoms. The second-order valence-corrected chi connectivity index (χ2v) is 11.9. The summed E-state index contributed by atoms with van der Waals surface area (Å²) in [5.74, 6) is 0.0247. The second-order valence-electron chi connectivity index (χ2n) is 11.9. The highest BCUT2D eigenvalue weighted by atomic mass is 19.4. The molecule has 0 aliphatic carbocycles. The molecule has 0 unspecified atom stereocenters. The standard InChI is InChI=1S/C30H38F3N3O3/c1-29(2,3)39-28(37)36-15-13-21(14-16-36)34-18-22-10-11-23-26(19-7-5-4-6-8-19)35-25-12-9-20(30(31,32)33)17-24(25)27(23)38-22/h4-9,12,17,21-23,26-27,34-35H,10-11,13-16,18H2,1-3H3/t22-,23+,26+,27+/m1/s1. The van der Waals surface area contributed by atoms with Crippen LogP contribution in [0, 0.1) is 5.92 Å². The Morgan fingerprint density at radius 1 is 1.05 bits per heavy atom. The van der Waals surface area contributed by atoms with Crippen LogP contribution in [-0.2, 0) is 15.7 Å². The Morgan fingerprint density at radius 2 is 1.77 bits per heavy atom. The van der Waals surface area contributed by atoms with Crippen LogP contribution >= 0.6 is 0 Å². The lowest BCUT2D eigenvalue weighted by molar-refractivity contribution is -0.138. The fraction of sp³-hybridized carbons (Fsp3) is 0.567. The van der Waals surface area contributed by atoms with Gasteiger partial charge in [-0.15, -0.1) is 0 Å². The maximum Gasteiger partial charge on any atom is 0.416 e. The lowest BCUT2D eigenvalue weighted by atomic mass is 9.76. The van der Waals surface area contributed by atoms with Crippen LogP contribution in [0.5, 0.6) is 0 Å². The van der Waals surface area contributed by atoms with Crippen LogP contribution in [0.3, 0.4) is 0 Å². The summed E-state index contributed by atoms with van der Waals surface area (Å²) in [6.07, 6.45) is -1.93. The van der Waals surface area contributed by atoms with Crippen LogP contribution < -0.4 is 10.6 Å². The van der Waals surface area contributed by atoms with Crippen molar-refractivity contribution in [2.24, 2.45) is 5.92 Å². The molecule has 3 aliphatic heterocycles. The normalized spacial score (nSPS) is 25.8. The third kappa shape index (κ3) is 6.52. The Hall–Kier alpha value is -2.78. The highest BCUT2D eigenvalue weighted by molar-refractivity contribution is 5.68. The van der Waals surface area contributed by atoms with Gasteiger partial charge in [0.1, 0.15) is 5.60 Å². The number of anilines is 1. The largest absolute Gasteiger partial charge is 0.444 e. The summed E-state index contributed by atoms with van der Waals surface area (Å²) >= 11 is 0. The minimum absolute atomic E-state index is 0.0247. The number of carbonyl (C=O) groups is 1. The van der Waals surface area contributed by atoms with Gasteiger partial charge in [0.2, 0.25) is 0 Å². The third-order valence-corrected chi connectivity index (χ3v) is 7.91. The zero-order chi connectivity index (χ0) is 27.8. The molecule has 212 valence electrons. The molecule has 0 aromatic heterocycles. The van der Waals surface area contributed by atoms with Crippen LogP contribution in [0.2, 0.25) is 0 Å². The number of amides is 1. The van der Waals surface area contributed by atoms with Crippen LogP contribution in [0.15, 0.2) is 48.5 Å². The van der Waals surface area contributed by atoms with Crippen molar-refractivity contribution in [1.29, 1.82) is 0 Å². The molecule has 6 nitrogen and oxygen atoms in total. The Bertz CT molecular complexity index is 1140. The quantitative estimate of drug-likeness (QED) is 0.448. The van der Waals surface area contributed by atoms with Gasteiger partial charge in [0.25, 0.3) is 0 Å². The first kappa shape index (κ1) is 27.8. The minimum atomic E-state index is -4.41. The Balaban J connectivity index is 1.25. The fourth-order valence-corrected chi connectivity index (χ4v) is 5.96. The molecule has 2 aromatic rings. The van der Waals surface area contributed by atoms with E-state index in [1.807, 2.05) is 39.0 Å². The SMILES string of the molecule is CC(C)(C)OC(=O)N1CCC(NC[C@H]2CC[C@@H]3[C@H](O2)c2cc(C(F)(F)F)ccc2N[C@H]3c2ccccc2)CC1. The van der Waals surface area contributed by atoms with Gasteiger partial charge in [-0.3, -0.25) is 0 Å². The summed E-state index contributed by atoms with van der Waals surface area (Å²) in [5, 5.41) is 7.11. The first-order valence-corrected chi connectivity index (χ1v) is 13.9. The first-order valence-electron chi connectivity index (χ1n) is 13.9. The molecule has 1 amide bonds. The number of benzene rings is 2. The van der Waals surface area contributed by atoms with Gasteiger partial charge >= 0.3 is 12.3 Å². The van der Waals surface area contributed by atoms with Crippen LogP contribution in [0.25, 0.3) is 0 Å². The van der Waals surface area contributed by atoms with E-state index in [2.05, 4.69) is 22.8 Å². The molecule has 0 radical (unpaired) electrons. The number of likely N-dealkylation sites (tertiary alicyclic amines) is 1. The summed E-state index contributed by atoms with van der Waals surface area (Å²) < 4.78 is 52.8. The summed E-state index contributed by atoms with van der Waals surface area (Å²) in [7, 11) is 0. The van der Waals surface area contributed by atoms with E-state index in [1.165, 1.54) is 12.1 Å². The van der Waals surface area contributed by atoms with Crippen molar-refractivity contribution in [2.45, 2.75) is 82.5 Å². The first-order chi connectivity index (χ1) is 18.5. The molecule has 3 heterocycles. The van der Waals surface area contributed by atoms with E-state index in [0.29, 0.717) is 30.9 Å². The molecule has 0 saturated carbocycles. The lowest BCUT2D eigenvalue weighted by Gasteiger charge is -2.46. The van der Waals surface area contributed by atoms with Gasteiger partial charge < -0.3 is 25.0 Å². The van der Waals surface area contributed by atoms with Gasteiger partial charge in [-0.05, 0) is 70.2 Å². The molecular weight excluding hydrogens is 507 g/mol. The lowest BCUT2D eigenvalue weighted by Crippen LogP contribution is -2.49. The molecule has 3 aliphatic rings. The topological polar surface area (TPSA) is 62.8 Å². The fourth-order valence-electron chi connectivity index (χ4n) is 5.96. The zero-order valence-electron chi connectivity index (χ0n) is 22.8. The molecule has 0 spiro atoms. The average Bonchev–Trinajstić information content (AvgIpc) is 2.90. The van der Waals surface area contributed by atoms with Gasteiger partial charge in [-0.2, -0.15) is 13.2 Å². The van der Waals surface area contributed by atoms with Crippen molar-refractivity contribution in [2.75, 3.05) is 25.0 Å². The van der Waals surface area contributed by atoms with Crippen molar-refractivity contribution >= 4 is 11.8 Å². The maximum atomic E-state index is 13.6. The Labute approximate surface area is 228 Å². The molecule has 2 aromatic carbocycles. The second kappa shape index (κ2) is 11.0. The molecule has 2 saturated heterocycles. The molecule has 9 heteroatoms. The number of fused-ring (bicyclic) bond motifs is 3. The highest BCUT2D eigenvalue weighted by Gasteiger charge is 2.43. The summed E-state index contributed by atoms with van der Waals surface area (Å²) in [5.41, 5.74) is 1.21. The molecule has 4 atom stereocenters. The van der Waals surface area contributed by atoms with Crippen LogP contribution in [-0.4, -0.2) is 48.4 Å². The van der Waals surface area contributed by atoms with Gasteiger partial charge in [0, 0.05) is 42.8 Å². The highest BCUT2D eigenvalue weighted by Crippen LogP contribution is 2.51. The average molecular weight is 546 g/mol.